The van der Waals surface area contributed by atoms with E-state index >= 15 is 0 Å². The lowest BCUT2D eigenvalue weighted by Gasteiger charge is -2.07. The van der Waals surface area contributed by atoms with Gasteiger partial charge in [0.15, 0.2) is 0 Å². The van der Waals surface area contributed by atoms with Gasteiger partial charge in [-0.25, -0.2) is 4.39 Å². The van der Waals surface area contributed by atoms with Gasteiger partial charge in [-0.1, -0.05) is 0 Å². The van der Waals surface area contributed by atoms with Gasteiger partial charge in [-0.15, -0.1) is 0 Å². The summed E-state index contributed by atoms with van der Waals surface area (Å²) in [5.41, 5.74) is 4.06. The standard InChI is InChI=1S/C8H8F2N2O2/c1-4(11)7-5(9)2-3-6(8(7)10)12(13)14/h2-4H,11H2,1H3/t4-/m1/s1. The van der Waals surface area contributed by atoms with Crippen LogP contribution in [0.1, 0.15) is 18.5 Å². The van der Waals surface area contributed by atoms with Gasteiger partial charge in [-0.3, -0.25) is 10.1 Å². The van der Waals surface area contributed by atoms with Crippen LogP contribution in [-0.2, 0) is 0 Å². The molecule has 76 valence electrons. The van der Waals surface area contributed by atoms with Crippen molar-refractivity contribution in [1.82, 2.24) is 0 Å². The maximum Gasteiger partial charge on any atom is 0.305 e. The third kappa shape index (κ3) is 1.69. The van der Waals surface area contributed by atoms with E-state index in [4.69, 9.17) is 5.73 Å². The van der Waals surface area contributed by atoms with E-state index in [1.807, 2.05) is 0 Å². The first-order chi connectivity index (χ1) is 6.45. The summed E-state index contributed by atoms with van der Waals surface area (Å²) in [6.45, 7) is 1.35. The number of halogens is 2. The highest BCUT2D eigenvalue weighted by atomic mass is 19.1. The van der Waals surface area contributed by atoms with Crippen LogP contribution >= 0.6 is 0 Å². The molecule has 1 aromatic carbocycles. The molecule has 0 aliphatic carbocycles. The van der Waals surface area contributed by atoms with Crippen molar-refractivity contribution in [2.24, 2.45) is 5.73 Å². The van der Waals surface area contributed by atoms with Crippen molar-refractivity contribution >= 4 is 5.69 Å². The van der Waals surface area contributed by atoms with E-state index in [0.717, 1.165) is 12.1 Å². The summed E-state index contributed by atoms with van der Waals surface area (Å²) in [7, 11) is 0. The molecular weight excluding hydrogens is 194 g/mol. The number of rotatable bonds is 2. The van der Waals surface area contributed by atoms with Gasteiger partial charge in [-0.2, -0.15) is 4.39 Å². The molecule has 0 heterocycles. The molecule has 6 heteroatoms. The smallest absolute Gasteiger partial charge is 0.305 e. The van der Waals surface area contributed by atoms with Crippen molar-refractivity contribution in [3.05, 3.63) is 39.4 Å². The Bertz CT molecular complexity index is 380. The van der Waals surface area contributed by atoms with Crippen molar-refractivity contribution in [2.75, 3.05) is 0 Å². The fourth-order valence-corrected chi connectivity index (χ4v) is 1.12. The topological polar surface area (TPSA) is 69.2 Å². The molecule has 1 aromatic rings. The Hall–Kier alpha value is -1.56. The summed E-state index contributed by atoms with van der Waals surface area (Å²) >= 11 is 0. The lowest BCUT2D eigenvalue weighted by Crippen LogP contribution is -2.11. The number of nitro benzene ring substituents is 1. The Morgan fingerprint density at radius 3 is 2.50 bits per heavy atom. The van der Waals surface area contributed by atoms with Crippen molar-refractivity contribution in [1.29, 1.82) is 0 Å². The summed E-state index contributed by atoms with van der Waals surface area (Å²) in [6, 6.07) is 0.686. The second-order valence-corrected chi connectivity index (χ2v) is 2.84. The minimum Gasteiger partial charge on any atom is -0.324 e. The van der Waals surface area contributed by atoms with E-state index in [2.05, 4.69) is 0 Å². The van der Waals surface area contributed by atoms with Gasteiger partial charge in [0.05, 0.1) is 4.92 Å². The van der Waals surface area contributed by atoms with Gasteiger partial charge in [0, 0.05) is 17.7 Å². The van der Waals surface area contributed by atoms with Gasteiger partial charge in [0.1, 0.15) is 5.82 Å². The van der Waals surface area contributed by atoms with Gasteiger partial charge >= 0.3 is 5.69 Å². The first-order valence-electron chi connectivity index (χ1n) is 3.83. The molecule has 1 rings (SSSR count). The average molecular weight is 202 g/mol. The molecule has 4 nitrogen and oxygen atoms in total. The normalized spacial score (nSPS) is 12.6. The monoisotopic (exact) mass is 202 g/mol. The zero-order chi connectivity index (χ0) is 10.9. The number of nitrogens with zero attached hydrogens (tertiary/aromatic N) is 1. The fourth-order valence-electron chi connectivity index (χ4n) is 1.12. The first-order valence-corrected chi connectivity index (χ1v) is 3.83. The molecule has 0 amide bonds. The summed E-state index contributed by atoms with van der Waals surface area (Å²) < 4.78 is 26.3. The minimum atomic E-state index is -1.20. The van der Waals surface area contributed by atoms with Crippen LogP contribution in [0.3, 0.4) is 0 Å². The molecule has 0 aliphatic rings. The number of benzene rings is 1. The second kappa shape index (κ2) is 3.67. The number of nitro groups is 1. The molecule has 0 unspecified atom stereocenters. The molecule has 0 saturated carbocycles. The Balaban J connectivity index is 3.41. The maximum atomic E-state index is 13.3. The Labute approximate surface area is 78.5 Å². The highest BCUT2D eigenvalue weighted by molar-refractivity contribution is 5.38. The Morgan fingerprint density at radius 2 is 2.07 bits per heavy atom. The fraction of sp³-hybridized carbons (Fsp3) is 0.250. The van der Waals surface area contributed by atoms with Crippen LogP contribution in [0.5, 0.6) is 0 Å². The van der Waals surface area contributed by atoms with Crippen LogP contribution in [0.2, 0.25) is 0 Å². The summed E-state index contributed by atoms with van der Waals surface area (Å²) in [5.74, 6) is -2.08. The molecule has 14 heavy (non-hydrogen) atoms. The molecule has 0 radical (unpaired) electrons. The predicted molar refractivity (Wildman–Crippen MR) is 45.6 cm³/mol. The minimum absolute atomic E-state index is 0.459. The van der Waals surface area contributed by atoms with Gasteiger partial charge < -0.3 is 5.73 Å². The molecular formula is C8H8F2N2O2. The SMILES string of the molecule is C[C@@H](N)c1c(F)ccc([N+](=O)[O-])c1F. The molecule has 0 aliphatic heterocycles. The van der Waals surface area contributed by atoms with Crippen LogP contribution < -0.4 is 5.73 Å². The molecule has 2 N–H and O–H groups in total. The molecule has 0 bridgehead atoms. The third-order valence-electron chi connectivity index (χ3n) is 1.76. The second-order valence-electron chi connectivity index (χ2n) is 2.84. The van der Waals surface area contributed by atoms with Crippen LogP contribution in [0.4, 0.5) is 14.5 Å². The van der Waals surface area contributed by atoms with Crippen molar-refractivity contribution in [3.8, 4) is 0 Å². The third-order valence-corrected chi connectivity index (χ3v) is 1.76. The predicted octanol–water partition coefficient (Wildman–Crippen LogP) is 1.89. The molecule has 0 spiro atoms. The van der Waals surface area contributed by atoms with E-state index in [1.165, 1.54) is 6.92 Å². The Morgan fingerprint density at radius 1 is 1.50 bits per heavy atom. The zero-order valence-corrected chi connectivity index (χ0v) is 7.33. The lowest BCUT2D eigenvalue weighted by atomic mass is 10.1. The average Bonchev–Trinajstić information content (AvgIpc) is 2.02. The van der Waals surface area contributed by atoms with E-state index in [0.29, 0.717) is 0 Å². The van der Waals surface area contributed by atoms with E-state index in [1.54, 1.807) is 0 Å². The Kier molecular flexibility index (Phi) is 2.76. The largest absolute Gasteiger partial charge is 0.324 e. The van der Waals surface area contributed by atoms with Crippen LogP contribution in [0, 0.1) is 21.7 Å². The number of hydrogen-bond donors (Lipinski definition) is 1. The maximum absolute atomic E-state index is 13.3. The highest BCUT2D eigenvalue weighted by Crippen LogP contribution is 2.26. The van der Waals surface area contributed by atoms with E-state index < -0.39 is 33.9 Å². The van der Waals surface area contributed by atoms with Crippen molar-refractivity contribution < 1.29 is 13.7 Å². The summed E-state index contributed by atoms with van der Waals surface area (Å²) in [4.78, 5) is 9.39. The van der Waals surface area contributed by atoms with E-state index in [-0.39, 0.29) is 0 Å². The number of nitrogens with two attached hydrogens (primary N) is 1. The lowest BCUT2D eigenvalue weighted by molar-refractivity contribution is -0.387. The van der Waals surface area contributed by atoms with Crippen molar-refractivity contribution in [2.45, 2.75) is 13.0 Å². The molecule has 1 atom stereocenters. The van der Waals surface area contributed by atoms with E-state index in [9.17, 15) is 18.9 Å². The van der Waals surface area contributed by atoms with Crippen LogP contribution in [0.15, 0.2) is 12.1 Å². The van der Waals surface area contributed by atoms with Crippen LogP contribution in [0.25, 0.3) is 0 Å². The quantitative estimate of drug-likeness (QED) is 0.588. The van der Waals surface area contributed by atoms with Gasteiger partial charge in [0.25, 0.3) is 0 Å². The molecule has 0 aromatic heterocycles. The summed E-state index contributed by atoms with van der Waals surface area (Å²) in [6.07, 6.45) is 0. The molecule has 0 fully saturated rings. The van der Waals surface area contributed by atoms with Gasteiger partial charge in [0.2, 0.25) is 5.82 Å². The summed E-state index contributed by atoms with van der Waals surface area (Å²) in [5, 5.41) is 10.3. The first kappa shape index (κ1) is 10.5. The van der Waals surface area contributed by atoms with Crippen molar-refractivity contribution in [3.63, 3.8) is 0 Å². The zero-order valence-electron chi connectivity index (χ0n) is 7.33. The number of hydrogen-bond acceptors (Lipinski definition) is 3. The van der Waals surface area contributed by atoms with Gasteiger partial charge in [-0.05, 0) is 13.0 Å². The molecule has 0 saturated heterocycles. The highest BCUT2D eigenvalue weighted by Gasteiger charge is 2.23. The van der Waals surface area contributed by atoms with Crippen LogP contribution in [-0.4, -0.2) is 4.92 Å².